The van der Waals surface area contributed by atoms with Crippen LogP contribution in [0.2, 0.25) is 0 Å². The van der Waals surface area contributed by atoms with Gasteiger partial charge in [-0.05, 0) is 32.3 Å². The minimum absolute atomic E-state index is 0.449. The number of rotatable bonds is 4. The molecule has 0 aromatic carbocycles. The molecule has 1 heteroatoms. The van der Waals surface area contributed by atoms with E-state index in [0.29, 0.717) is 11.6 Å². The van der Waals surface area contributed by atoms with Crippen molar-refractivity contribution in [3.05, 3.63) is 36.1 Å². The first-order valence-corrected chi connectivity index (χ1v) is 4.27. The number of allylic oxidation sites excluding steroid dienone is 3. The molecule has 1 atom stereocenters. The monoisotopic (exact) mass is 165 g/mol. The molecule has 0 aromatic rings. The third-order valence-electron chi connectivity index (χ3n) is 1.97. The fourth-order valence-corrected chi connectivity index (χ4v) is 1.45. The van der Waals surface area contributed by atoms with Crippen LogP contribution < -0.4 is 5.73 Å². The fraction of sp³-hybridized carbons (Fsp3) is 0.455. The third kappa shape index (κ3) is 3.42. The van der Waals surface area contributed by atoms with Gasteiger partial charge in [-0.3, -0.25) is 0 Å². The van der Waals surface area contributed by atoms with Gasteiger partial charge in [0, 0.05) is 5.70 Å². The van der Waals surface area contributed by atoms with Crippen molar-refractivity contribution in [3.63, 3.8) is 0 Å². The van der Waals surface area contributed by atoms with E-state index in [1.165, 1.54) is 11.1 Å². The SMILES string of the molecule is C=C(N)/C=C(/C)C(CC)C(=C)C. The Bertz CT molecular complexity index is 211. The molecule has 0 amide bonds. The topological polar surface area (TPSA) is 26.0 Å². The van der Waals surface area contributed by atoms with E-state index < -0.39 is 0 Å². The Hall–Kier alpha value is -0.980. The highest BCUT2D eigenvalue weighted by atomic mass is 14.5. The predicted molar refractivity (Wildman–Crippen MR) is 55.7 cm³/mol. The lowest BCUT2D eigenvalue weighted by atomic mass is 9.91. The van der Waals surface area contributed by atoms with E-state index in [1.54, 1.807) is 0 Å². The van der Waals surface area contributed by atoms with E-state index in [1.807, 2.05) is 13.0 Å². The molecular formula is C11H19N. The van der Waals surface area contributed by atoms with Crippen LogP contribution in [0.15, 0.2) is 36.1 Å². The van der Waals surface area contributed by atoms with Gasteiger partial charge in [0.1, 0.15) is 0 Å². The Balaban J connectivity index is 4.52. The third-order valence-corrected chi connectivity index (χ3v) is 1.97. The van der Waals surface area contributed by atoms with Crippen LogP contribution in [0.1, 0.15) is 27.2 Å². The zero-order valence-electron chi connectivity index (χ0n) is 8.35. The molecule has 0 fully saturated rings. The number of nitrogens with two attached hydrogens (primary N) is 1. The minimum atomic E-state index is 0.449. The zero-order valence-corrected chi connectivity index (χ0v) is 8.35. The molecule has 68 valence electrons. The summed E-state index contributed by atoms with van der Waals surface area (Å²) in [5, 5.41) is 0. The van der Waals surface area contributed by atoms with Crippen molar-refractivity contribution in [1.29, 1.82) is 0 Å². The Morgan fingerprint density at radius 3 is 2.17 bits per heavy atom. The molecule has 0 aliphatic rings. The van der Waals surface area contributed by atoms with Gasteiger partial charge in [0.15, 0.2) is 0 Å². The van der Waals surface area contributed by atoms with Crippen LogP contribution in [-0.2, 0) is 0 Å². The molecule has 12 heavy (non-hydrogen) atoms. The van der Waals surface area contributed by atoms with E-state index in [9.17, 15) is 0 Å². The maximum atomic E-state index is 5.49. The van der Waals surface area contributed by atoms with Crippen LogP contribution in [-0.4, -0.2) is 0 Å². The van der Waals surface area contributed by atoms with Gasteiger partial charge >= 0.3 is 0 Å². The molecule has 0 aromatic heterocycles. The molecule has 0 radical (unpaired) electrons. The lowest BCUT2D eigenvalue weighted by Crippen LogP contribution is -2.03. The average Bonchev–Trinajstić information content (AvgIpc) is 1.85. The lowest BCUT2D eigenvalue weighted by Gasteiger charge is -2.15. The second-order valence-corrected chi connectivity index (χ2v) is 3.27. The summed E-state index contributed by atoms with van der Waals surface area (Å²) in [7, 11) is 0. The van der Waals surface area contributed by atoms with Gasteiger partial charge in [-0.1, -0.05) is 31.2 Å². The molecule has 0 aliphatic carbocycles. The van der Waals surface area contributed by atoms with Crippen molar-refractivity contribution < 1.29 is 0 Å². The molecule has 0 bridgehead atoms. The van der Waals surface area contributed by atoms with Gasteiger partial charge in [-0.2, -0.15) is 0 Å². The van der Waals surface area contributed by atoms with E-state index in [-0.39, 0.29) is 0 Å². The molecule has 0 saturated heterocycles. The number of hydrogen-bond donors (Lipinski definition) is 1. The summed E-state index contributed by atoms with van der Waals surface area (Å²) in [5.74, 6) is 0.449. The molecule has 0 saturated carbocycles. The average molecular weight is 165 g/mol. The van der Waals surface area contributed by atoms with Crippen molar-refractivity contribution >= 4 is 0 Å². The minimum Gasteiger partial charge on any atom is -0.399 e. The second-order valence-electron chi connectivity index (χ2n) is 3.27. The van der Waals surface area contributed by atoms with Gasteiger partial charge in [0.25, 0.3) is 0 Å². The van der Waals surface area contributed by atoms with E-state index in [0.717, 1.165) is 6.42 Å². The summed E-state index contributed by atoms with van der Waals surface area (Å²) < 4.78 is 0. The van der Waals surface area contributed by atoms with Gasteiger partial charge < -0.3 is 5.73 Å². The van der Waals surface area contributed by atoms with Crippen LogP contribution in [0.3, 0.4) is 0 Å². The lowest BCUT2D eigenvalue weighted by molar-refractivity contribution is 0.686. The highest BCUT2D eigenvalue weighted by Crippen LogP contribution is 2.22. The first kappa shape index (κ1) is 11.0. The molecule has 2 N–H and O–H groups in total. The van der Waals surface area contributed by atoms with Gasteiger partial charge in [0.05, 0.1) is 0 Å². The second kappa shape index (κ2) is 4.81. The summed E-state index contributed by atoms with van der Waals surface area (Å²) in [5.41, 5.74) is 8.54. The maximum Gasteiger partial charge on any atom is 0.0240 e. The van der Waals surface area contributed by atoms with Crippen molar-refractivity contribution in [1.82, 2.24) is 0 Å². The highest BCUT2D eigenvalue weighted by molar-refractivity contribution is 5.23. The highest BCUT2D eigenvalue weighted by Gasteiger charge is 2.07. The van der Waals surface area contributed by atoms with Gasteiger partial charge in [-0.25, -0.2) is 0 Å². The molecule has 0 heterocycles. The standard InChI is InChI=1S/C11H19N/c1-6-11(8(2)3)9(4)7-10(5)12/h7,11H,2,5-6,12H2,1,3-4H3/b9-7-. The van der Waals surface area contributed by atoms with Crippen LogP contribution in [0.4, 0.5) is 0 Å². The first-order valence-electron chi connectivity index (χ1n) is 4.27. The maximum absolute atomic E-state index is 5.49. The summed E-state index contributed by atoms with van der Waals surface area (Å²) in [6, 6.07) is 0. The normalized spacial score (nSPS) is 14.1. The predicted octanol–water partition coefficient (Wildman–Crippen LogP) is 3.01. The quantitative estimate of drug-likeness (QED) is 0.503. The summed E-state index contributed by atoms with van der Waals surface area (Å²) >= 11 is 0. The summed E-state index contributed by atoms with van der Waals surface area (Å²) in [6.07, 6.45) is 2.99. The van der Waals surface area contributed by atoms with E-state index in [2.05, 4.69) is 27.0 Å². The van der Waals surface area contributed by atoms with Crippen molar-refractivity contribution in [2.75, 3.05) is 0 Å². The Kier molecular flexibility index (Phi) is 4.42. The van der Waals surface area contributed by atoms with Crippen molar-refractivity contribution in [2.45, 2.75) is 27.2 Å². The number of hydrogen-bond acceptors (Lipinski definition) is 1. The van der Waals surface area contributed by atoms with Gasteiger partial charge in [-0.15, -0.1) is 0 Å². The van der Waals surface area contributed by atoms with Crippen LogP contribution in [0, 0.1) is 5.92 Å². The molecule has 1 nitrogen and oxygen atoms in total. The van der Waals surface area contributed by atoms with Gasteiger partial charge in [0.2, 0.25) is 0 Å². The molecular weight excluding hydrogens is 146 g/mol. The van der Waals surface area contributed by atoms with Crippen LogP contribution >= 0.6 is 0 Å². The summed E-state index contributed by atoms with van der Waals surface area (Å²) in [6.45, 7) is 13.9. The fourth-order valence-electron chi connectivity index (χ4n) is 1.45. The Morgan fingerprint density at radius 1 is 1.42 bits per heavy atom. The molecule has 0 rings (SSSR count). The molecule has 1 unspecified atom stereocenters. The first-order chi connectivity index (χ1) is 5.49. The van der Waals surface area contributed by atoms with Crippen molar-refractivity contribution in [3.8, 4) is 0 Å². The Morgan fingerprint density at radius 2 is 1.92 bits per heavy atom. The van der Waals surface area contributed by atoms with E-state index in [4.69, 9.17) is 5.73 Å². The van der Waals surface area contributed by atoms with Crippen LogP contribution in [0.5, 0.6) is 0 Å². The molecule has 0 spiro atoms. The zero-order chi connectivity index (χ0) is 9.72. The van der Waals surface area contributed by atoms with E-state index >= 15 is 0 Å². The molecule has 0 aliphatic heterocycles. The largest absolute Gasteiger partial charge is 0.399 e. The Labute approximate surface area is 75.7 Å². The van der Waals surface area contributed by atoms with Crippen molar-refractivity contribution in [2.24, 2.45) is 11.7 Å². The summed E-state index contributed by atoms with van der Waals surface area (Å²) in [4.78, 5) is 0. The smallest absolute Gasteiger partial charge is 0.0240 e. The van der Waals surface area contributed by atoms with Crippen LogP contribution in [0.25, 0.3) is 0 Å².